The maximum Gasteiger partial charge on any atom is 0.319 e. The number of rotatable bonds is 2. The standard InChI is InChI=1S/C12H8FNO3/c13-8-3-1-7(2-4-8)9-5-14-6-10(11(9)15)12(16)17/h1-6,10H,(H,16,17)/t10-/m0/s1. The number of aliphatic carboxylic acids is 1. The van der Waals surface area contributed by atoms with Gasteiger partial charge in [0.05, 0.1) is 0 Å². The minimum Gasteiger partial charge on any atom is -0.480 e. The number of carbonyl (C=O) groups is 2. The van der Waals surface area contributed by atoms with Crippen molar-refractivity contribution in [3.8, 4) is 0 Å². The van der Waals surface area contributed by atoms with Crippen LogP contribution in [-0.2, 0) is 9.59 Å². The number of carbonyl (C=O) groups excluding carboxylic acids is 1. The highest BCUT2D eigenvalue weighted by atomic mass is 19.1. The second-order valence-corrected chi connectivity index (χ2v) is 3.53. The van der Waals surface area contributed by atoms with Crippen LogP contribution in [0.1, 0.15) is 5.56 Å². The van der Waals surface area contributed by atoms with Gasteiger partial charge in [-0.1, -0.05) is 12.1 Å². The maximum atomic E-state index is 12.7. The first kappa shape index (κ1) is 11.2. The minimum atomic E-state index is -1.26. The van der Waals surface area contributed by atoms with Crippen LogP contribution in [0.15, 0.2) is 35.5 Å². The quantitative estimate of drug-likeness (QED) is 0.787. The number of halogens is 1. The molecule has 1 N–H and O–H groups in total. The Kier molecular flexibility index (Phi) is 2.82. The molecule has 0 radical (unpaired) electrons. The predicted molar refractivity (Wildman–Crippen MR) is 59.0 cm³/mol. The Bertz CT molecular complexity index is 531. The predicted octanol–water partition coefficient (Wildman–Crippen LogP) is 1.52. The van der Waals surface area contributed by atoms with Crippen molar-refractivity contribution < 1.29 is 19.1 Å². The van der Waals surface area contributed by atoms with E-state index in [2.05, 4.69) is 4.99 Å². The van der Waals surface area contributed by atoms with Crippen LogP contribution >= 0.6 is 0 Å². The summed E-state index contributed by atoms with van der Waals surface area (Å²) < 4.78 is 12.7. The van der Waals surface area contributed by atoms with Gasteiger partial charge in [0.15, 0.2) is 11.7 Å². The van der Waals surface area contributed by atoms with Crippen molar-refractivity contribution in [2.45, 2.75) is 0 Å². The molecule has 0 saturated heterocycles. The smallest absolute Gasteiger partial charge is 0.319 e. The van der Waals surface area contributed by atoms with E-state index in [1.165, 1.54) is 30.5 Å². The molecular weight excluding hydrogens is 225 g/mol. The molecule has 1 aliphatic heterocycles. The van der Waals surface area contributed by atoms with Crippen molar-refractivity contribution in [3.05, 3.63) is 41.8 Å². The molecule has 1 aromatic carbocycles. The van der Waals surface area contributed by atoms with Gasteiger partial charge in [0.1, 0.15) is 5.82 Å². The third-order valence-electron chi connectivity index (χ3n) is 2.41. The highest BCUT2D eigenvalue weighted by Crippen LogP contribution is 2.22. The number of benzene rings is 1. The molecule has 0 saturated carbocycles. The number of hydrogen-bond donors (Lipinski definition) is 1. The van der Waals surface area contributed by atoms with Crippen molar-refractivity contribution in [1.82, 2.24) is 0 Å². The lowest BCUT2D eigenvalue weighted by Crippen LogP contribution is -2.27. The van der Waals surface area contributed by atoms with E-state index < -0.39 is 23.5 Å². The SMILES string of the molecule is O=C(O)[C@H]1C=NC=C(c2ccc(F)cc2)C1=O. The fraction of sp³-hybridized carbons (Fsp3) is 0.0833. The topological polar surface area (TPSA) is 66.7 Å². The third kappa shape index (κ3) is 2.13. The van der Waals surface area contributed by atoms with Crippen LogP contribution in [0.5, 0.6) is 0 Å². The Labute approximate surface area is 96.1 Å². The molecule has 0 amide bonds. The highest BCUT2D eigenvalue weighted by molar-refractivity contribution is 6.32. The van der Waals surface area contributed by atoms with Crippen molar-refractivity contribution >= 4 is 23.5 Å². The van der Waals surface area contributed by atoms with E-state index in [9.17, 15) is 14.0 Å². The average Bonchev–Trinajstić information content (AvgIpc) is 2.30. The Morgan fingerprint density at radius 2 is 1.94 bits per heavy atom. The zero-order chi connectivity index (χ0) is 12.4. The summed E-state index contributed by atoms with van der Waals surface area (Å²) in [5.41, 5.74) is 0.638. The number of aliphatic imine (C=N–C) groups is 1. The molecule has 0 bridgehead atoms. The normalized spacial score (nSPS) is 19.0. The van der Waals surface area contributed by atoms with E-state index in [1.807, 2.05) is 0 Å². The Hall–Kier alpha value is -2.30. The molecule has 86 valence electrons. The summed E-state index contributed by atoms with van der Waals surface area (Å²) in [6.45, 7) is 0. The number of nitrogens with zero attached hydrogens (tertiary/aromatic N) is 1. The molecule has 4 nitrogen and oxygen atoms in total. The second kappa shape index (κ2) is 4.29. The lowest BCUT2D eigenvalue weighted by molar-refractivity contribution is -0.141. The van der Waals surface area contributed by atoms with Crippen molar-refractivity contribution in [1.29, 1.82) is 0 Å². The Morgan fingerprint density at radius 3 is 2.53 bits per heavy atom. The third-order valence-corrected chi connectivity index (χ3v) is 2.41. The van der Waals surface area contributed by atoms with E-state index in [0.29, 0.717) is 5.56 Å². The van der Waals surface area contributed by atoms with E-state index in [4.69, 9.17) is 5.11 Å². The van der Waals surface area contributed by atoms with Gasteiger partial charge in [0.25, 0.3) is 0 Å². The van der Waals surface area contributed by atoms with Gasteiger partial charge in [0.2, 0.25) is 0 Å². The molecule has 0 spiro atoms. The number of carboxylic acid groups (broad SMARTS) is 1. The largest absolute Gasteiger partial charge is 0.480 e. The molecule has 0 aromatic heterocycles. The van der Waals surface area contributed by atoms with E-state index in [-0.39, 0.29) is 5.57 Å². The lowest BCUT2D eigenvalue weighted by Gasteiger charge is -2.13. The summed E-state index contributed by atoms with van der Waals surface area (Å²) in [6, 6.07) is 5.24. The first-order valence-electron chi connectivity index (χ1n) is 4.86. The van der Waals surface area contributed by atoms with Gasteiger partial charge < -0.3 is 5.11 Å². The zero-order valence-corrected chi connectivity index (χ0v) is 8.63. The Balaban J connectivity index is 2.37. The van der Waals surface area contributed by atoms with E-state index in [0.717, 1.165) is 6.21 Å². The van der Waals surface area contributed by atoms with Crippen molar-refractivity contribution in [2.75, 3.05) is 0 Å². The van der Waals surface area contributed by atoms with Crippen LogP contribution in [0, 0.1) is 11.7 Å². The molecule has 0 aliphatic carbocycles. The van der Waals surface area contributed by atoms with Crippen molar-refractivity contribution in [3.63, 3.8) is 0 Å². The first-order valence-corrected chi connectivity index (χ1v) is 4.86. The van der Waals surface area contributed by atoms with Crippen LogP contribution in [0.25, 0.3) is 5.57 Å². The van der Waals surface area contributed by atoms with Crippen LogP contribution in [-0.4, -0.2) is 23.1 Å². The fourth-order valence-electron chi connectivity index (χ4n) is 1.52. The summed E-state index contributed by atoms with van der Waals surface area (Å²) >= 11 is 0. The molecule has 1 atom stereocenters. The fourth-order valence-corrected chi connectivity index (χ4v) is 1.52. The van der Waals surface area contributed by atoms with Gasteiger partial charge in [0, 0.05) is 18.0 Å². The van der Waals surface area contributed by atoms with Crippen LogP contribution < -0.4 is 0 Å². The summed E-state index contributed by atoms with van der Waals surface area (Å²) in [4.78, 5) is 26.3. The molecule has 5 heteroatoms. The monoisotopic (exact) mass is 233 g/mol. The van der Waals surface area contributed by atoms with Crippen LogP contribution in [0.2, 0.25) is 0 Å². The van der Waals surface area contributed by atoms with Crippen LogP contribution in [0.3, 0.4) is 0 Å². The molecular formula is C12H8FNO3. The number of allylic oxidation sites excluding steroid dienone is 1. The maximum absolute atomic E-state index is 12.7. The summed E-state index contributed by atoms with van der Waals surface area (Å²) in [6.07, 6.45) is 2.37. The second-order valence-electron chi connectivity index (χ2n) is 3.53. The molecule has 0 fully saturated rings. The molecule has 1 aliphatic rings. The molecule has 1 heterocycles. The van der Waals surface area contributed by atoms with Crippen molar-refractivity contribution in [2.24, 2.45) is 10.9 Å². The van der Waals surface area contributed by atoms with Gasteiger partial charge in [-0.25, -0.2) is 4.39 Å². The molecule has 2 rings (SSSR count). The summed E-state index contributed by atoms with van der Waals surface area (Å²) in [7, 11) is 0. The summed E-state index contributed by atoms with van der Waals surface area (Å²) in [5, 5.41) is 8.82. The lowest BCUT2D eigenvalue weighted by atomic mass is 9.92. The van der Waals surface area contributed by atoms with Crippen LogP contribution in [0.4, 0.5) is 4.39 Å². The number of hydrogen-bond acceptors (Lipinski definition) is 3. The summed E-state index contributed by atoms with van der Waals surface area (Å²) in [5.74, 6) is -3.47. The van der Waals surface area contributed by atoms with Gasteiger partial charge in [-0.3, -0.25) is 14.6 Å². The number of Topliss-reactive ketones (excluding diaryl/α,β-unsaturated/α-hetero) is 1. The zero-order valence-electron chi connectivity index (χ0n) is 8.63. The number of carboxylic acids is 1. The molecule has 0 unspecified atom stereocenters. The average molecular weight is 233 g/mol. The van der Waals surface area contributed by atoms with Gasteiger partial charge >= 0.3 is 5.97 Å². The number of ketones is 1. The first-order chi connectivity index (χ1) is 8.09. The van der Waals surface area contributed by atoms with Gasteiger partial charge in [-0.15, -0.1) is 0 Å². The Morgan fingerprint density at radius 1 is 1.29 bits per heavy atom. The molecule has 1 aromatic rings. The highest BCUT2D eigenvalue weighted by Gasteiger charge is 2.29. The van der Waals surface area contributed by atoms with Gasteiger partial charge in [-0.05, 0) is 17.7 Å². The van der Waals surface area contributed by atoms with E-state index >= 15 is 0 Å². The molecule has 17 heavy (non-hydrogen) atoms. The van der Waals surface area contributed by atoms with E-state index in [1.54, 1.807) is 0 Å². The van der Waals surface area contributed by atoms with Gasteiger partial charge in [-0.2, -0.15) is 0 Å². The minimum absolute atomic E-state index is 0.180.